The number of nitrogens with one attached hydrogen (secondary N) is 1. The average molecular weight is 260 g/mol. The fourth-order valence-electron chi connectivity index (χ4n) is 2.80. The summed E-state index contributed by atoms with van der Waals surface area (Å²) in [6.45, 7) is 6.15. The number of nitriles is 1. The van der Waals surface area contributed by atoms with Crippen LogP contribution in [0.2, 0.25) is 0 Å². The van der Waals surface area contributed by atoms with E-state index in [1.807, 2.05) is 0 Å². The van der Waals surface area contributed by atoms with E-state index in [9.17, 15) is 4.39 Å². The van der Waals surface area contributed by atoms with Crippen LogP contribution in [-0.2, 0) is 0 Å². The third-order valence-corrected chi connectivity index (χ3v) is 3.95. The highest BCUT2D eigenvalue weighted by molar-refractivity contribution is 5.61. The van der Waals surface area contributed by atoms with Crippen LogP contribution in [0.4, 0.5) is 10.1 Å². The van der Waals surface area contributed by atoms with Gasteiger partial charge in [0.1, 0.15) is 11.9 Å². The Labute approximate surface area is 112 Å². The van der Waals surface area contributed by atoms with Crippen LogP contribution >= 0.6 is 0 Å². The minimum Gasteiger partial charge on any atom is -0.367 e. The Morgan fingerprint density at radius 3 is 2.68 bits per heavy atom. The summed E-state index contributed by atoms with van der Waals surface area (Å²) in [7, 11) is 0. The zero-order valence-corrected chi connectivity index (χ0v) is 10.8. The van der Waals surface area contributed by atoms with Crippen molar-refractivity contribution in [1.82, 2.24) is 10.2 Å². The number of rotatable bonds is 2. The number of anilines is 1. The lowest BCUT2D eigenvalue weighted by atomic mass is 10.0. The molecule has 2 aliphatic rings. The van der Waals surface area contributed by atoms with E-state index in [1.54, 1.807) is 6.07 Å². The SMILES string of the molecule is N#Cc1cc(F)ccc1N1CC(N2CCNCC2)C1. The van der Waals surface area contributed by atoms with Gasteiger partial charge in [-0.1, -0.05) is 0 Å². The van der Waals surface area contributed by atoms with E-state index in [0.29, 0.717) is 11.6 Å². The maximum atomic E-state index is 13.1. The summed E-state index contributed by atoms with van der Waals surface area (Å²) in [5, 5.41) is 12.4. The highest BCUT2D eigenvalue weighted by atomic mass is 19.1. The monoisotopic (exact) mass is 260 g/mol. The lowest BCUT2D eigenvalue weighted by Gasteiger charge is -2.48. The zero-order chi connectivity index (χ0) is 13.2. The predicted molar refractivity (Wildman–Crippen MR) is 71.6 cm³/mol. The molecule has 0 unspecified atom stereocenters. The Morgan fingerprint density at radius 2 is 2.00 bits per heavy atom. The summed E-state index contributed by atoms with van der Waals surface area (Å²) in [4.78, 5) is 4.65. The molecule has 1 N–H and O–H groups in total. The van der Waals surface area contributed by atoms with Gasteiger partial charge in [0.15, 0.2) is 0 Å². The quantitative estimate of drug-likeness (QED) is 0.854. The van der Waals surface area contributed by atoms with Crippen LogP contribution < -0.4 is 10.2 Å². The molecule has 2 aliphatic heterocycles. The van der Waals surface area contributed by atoms with Gasteiger partial charge in [0.25, 0.3) is 0 Å². The van der Waals surface area contributed by atoms with E-state index in [2.05, 4.69) is 21.2 Å². The van der Waals surface area contributed by atoms with Gasteiger partial charge in [-0.15, -0.1) is 0 Å². The summed E-state index contributed by atoms with van der Waals surface area (Å²) in [6, 6.07) is 7.09. The van der Waals surface area contributed by atoms with Crippen molar-refractivity contribution in [3.8, 4) is 6.07 Å². The van der Waals surface area contributed by atoms with Crippen LogP contribution in [0.25, 0.3) is 0 Å². The lowest BCUT2D eigenvalue weighted by Crippen LogP contribution is -2.63. The third kappa shape index (κ3) is 2.42. The number of hydrogen-bond acceptors (Lipinski definition) is 4. The largest absolute Gasteiger partial charge is 0.367 e. The van der Waals surface area contributed by atoms with Crippen LogP contribution in [-0.4, -0.2) is 50.2 Å². The third-order valence-electron chi connectivity index (χ3n) is 3.95. The second-order valence-electron chi connectivity index (χ2n) is 5.12. The molecule has 19 heavy (non-hydrogen) atoms. The number of piperazine rings is 1. The van der Waals surface area contributed by atoms with Crippen molar-refractivity contribution >= 4 is 5.69 Å². The molecule has 5 heteroatoms. The Kier molecular flexibility index (Phi) is 3.36. The maximum Gasteiger partial charge on any atom is 0.124 e. The molecule has 0 spiro atoms. The molecular formula is C14H17FN4. The van der Waals surface area contributed by atoms with Gasteiger partial charge in [-0.25, -0.2) is 4.39 Å². The first-order valence-corrected chi connectivity index (χ1v) is 6.67. The van der Waals surface area contributed by atoms with Gasteiger partial charge < -0.3 is 10.2 Å². The molecule has 1 aromatic carbocycles. The molecule has 100 valence electrons. The minimum absolute atomic E-state index is 0.348. The highest BCUT2D eigenvalue weighted by Gasteiger charge is 2.33. The second kappa shape index (κ2) is 5.16. The summed E-state index contributed by atoms with van der Waals surface area (Å²) in [5.74, 6) is -0.348. The molecule has 2 fully saturated rings. The average Bonchev–Trinajstić information content (AvgIpc) is 2.40. The van der Waals surface area contributed by atoms with Crippen molar-refractivity contribution in [2.75, 3.05) is 44.2 Å². The molecule has 0 bridgehead atoms. The fraction of sp³-hybridized carbons (Fsp3) is 0.500. The molecule has 1 aromatic rings. The van der Waals surface area contributed by atoms with Gasteiger partial charge in [0, 0.05) is 45.3 Å². The fourth-order valence-corrected chi connectivity index (χ4v) is 2.80. The Hall–Kier alpha value is -1.64. The van der Waals surface area contributed by atoms with Crippen LogP contribution in [0.3, 0.4) is 0 Å². The summed E-state index contributed by atoms with van der Waals surface area (Å²) in [5.41, 5.74) is 1.29. The zero-order valence-electron chi connectivity index (χ0n) is 10.8. The lowest BCUT2D eigenvalue weighted by molar-refractivity contribution is 0.147. The normalized spacial score (nSPS) is 20.9. The van der Waals surface area contributed by atoms with Crippen molar-refractivity contribution < 1.29 is 4.39 Å². The van der Waals surface area contributed by atoms with Gasteiger partial charge >= 0.3 is 0 Å². The van der Waals surface area contributed by atoms with Gasteiger partial charge in [-0.05, 0) is 18.2 Å². The number of halogens is 1. The molecule has 4 nitrogen and oxygen atoms in total. The molecule has 0 aromatic heterocycles. The molecule has 0 radical (unpaired) electrons. The van der Waals surface area contributed by atoms with Crippen LogP contribution in [0.1, 0.15) is 5.56 Å². The number of benzene rings is 1. The molecule has 0 amide bonds. The van der Waals surface area contributed by atoms with E-state index in [0.717, 1.165) is 45.0 Å². The standard InChI is InChI=1S/C14H17FN4/c15-12-1-2-14(11(7-12)8-16)19-9-13(10-19)18-5-3-17-4-6-18/h1-2,7,13,17H,3-6,9-10H2. The first-order chi connectivity index (χ1) is 9.28. The van der Waals surface area contributed by atoms with Crippen molar-refractivity contribution in [3.63, 3.8) is 0 Å². The van der Waals surface area contributed by atoms with Gasteiger partial charge in [0.05, 0.1) is 11.3 Å². The first-order valence-electron chi connectivity index (χ1n) is 6.67. The summed E-state index contributed by atoms with van der Waals surface area (Å²) in [6.07, 6.45) is 0. The number of nitrogens with zero attached hydrogens (tertiary/aromatic N) is 3. The maximum absolute atomic E-state index is 13.1. The van der Waals surface area contributed by atoms with E-state index in [1.165, 1.54) is 12.1 Å². The Morgan fingerprint density at radius 1 is 1.26 bits per heavy atom. The minimum atomic E-state index is -0.348. The molecule has 2 heterocycles. The molecule has 2 saturated heterocycles. The van der Waals surface area contributed by atoms with E-state index >= 15 is 0 Å². The summed E-state index contributed by atoms with van der Waals surface area (Å²) < 4.78 is 13.1. The van der Waals surface area contributed by atoms with Crippen molar-refractivity contribution in [2.45, 2.75) is 6.04 Å². The predicted octanol–water partition coefficient (Wildman–Crippen LogP) is 0.791. The molecule has 0 atom stereocenters. The van der Waals surface area contributed by atoms with Gasteiger partial charge in [0.2, 0.25) is 0 Å². The van der Waals surface area contributed by atoms with Crippen LogP contribution in [0.5, 0.6) is 0 Å². The second-order valence-corrected chi connectivity index (χ2v) is 5.12. The Bertz CT molecular complexity index is 499. The van der Waals surface area contributed by atoms with E-state index < -0.39 is 0 Å². The highest BCUT2D eigenvalue weighted by Crippen LogP contribution is 2.27. The summed E-state index contributed by atoms with van der Waals surface area (Å²) >= 11 is 0. The molecular weight excluding hydrogens is 243 g/mol. The molecule has 0 aliphatic carbocycles. The molecule has 3 rings (SSSR count). The van der Waals surface area contributed by atoms with Crippen LogP contribution in [0, 0.1) is 17.1 Å². The van der Waals surface area contributed by atoms with Crippen LogP contribution in [0.15, 0.2) is 18.2 Å². The van der Waals surface area contributed by atoms with E-state index in [-0.39, 0.29) is 5.82 Å². The van der Waals surface area contributed by atoms with E-state index in [4.69, 9.17) is 5.26 Å². The van der Waals surface area contributed by atoms with Crippen molar-refractivity contribution in [1.29, 1.82) is 5.26 Å². The number of hydrogen-bond donors (Lipinski definition) is 1. The smallest absolute Gasteiger partial charge is 0.124 e. The van der Waals surface area contributed by atoms with Gasteiger partial charge in [-0.3, -0.25) is 4.90 Å². The van der Waals surface area contributed by atoms with Gasteiger partial charge in [-0.2, -0.15) is 5.26 Å². The van der Waals surface area contributed by atoms with Crippen molar-refractivity contribution in [3.05, 3.63) is 29.6 Å². The molecule has 0 saturated carbocycles. The first kappa shape index (κ1) is 12.4. The topological polar surface area (TPSA) is 42.3 Å². The Balaban J connectivity index is 1.65. The van der Waals surface area contributed by atoms with Crippen molar-refractivity contribution in [2.24, 2.45) is 0 Å².